The molecule has 1 fully saturated rings. The molecule has 0 aromatic heterocycles. The van der Waals surface area contributed by atoms with Crippen molar-refractivity contribution < 1.29 is 14.3 Å². The van der Waals surface area contributed by atoms with E-state index in [1.54, 1.807) is 0 Å². The van der Waals surface area contributed by atoms with Crippen molar-refractivity contribution in [1.29, 1.82) is 0 Å². The largest absolute Gasteiger partial charge is 0.444 e. The molecule has 0 unspecified atom stereocenters. The number of benzene rings is 2. The Bertz CT molecular complexity index is 813. The highest BCUT2D eigenvalue weighted by Gasteiger charge is 2.29. The summed E-state index contributed by atoms with van der Waals surface area (Å²) in [4.78, 5) is 25.6. The van der Waals surface area contributed by atoms with Gasteiger partial charge in [-0.3, -0.25) is 4.79 Å². The Labute approximate surface area is 173 Å². The summed E-state index contributed by atoms with van der Waals surface area (Å²) in [6.07, 6.45) is 6.29. The maximum Gasteiger partial charge on any atom is 0.410 e. The number of rotatable bonds is 5. The first-order valence-electron chi connectivity index (χ1n) is 10.5. The van der Waals surface area contributed by atoms with Gasteiger partial charge in [-0.05, 0) is 50.3 Å². The fraction of sp³-hybridized carbons (Fsp3) is 0.440. The highest BCUT2D eigenvalue weighted by atomic mass is 16.6. The molecule has 154 valence electrons. The van der Waals surface area contributed by atoms with Crippen LogP contribution in [0.5, 0.6) is 0 Å². The second-order valence-electron chi connectivity index (χ2n) is 8.84. The lowest BCUT2D eigenvalue weighted by atomic mass is 9.94. The van der Waals surface area contributed by atoms with Gasteiger partial charge < -0.3 is 9.64 Å². The third kappa shape index (κ3) is 5.93. The normalized spacial score (nSPS) is 15.0. The van der Waals surface area contributed by atoms with Crippen LogP contribution in [0, 0.1) is 0 Å². The van der Waals surface area contributed by atoms with Crippen molar-refractivity contribution in [3.05, 3.63) is 59.7 Å². The lowest BCUT2D eigenvalue weighted by Gasteiger charge is -2.35. The molecule has 2 aromatic rings. The Kier molecular flexibility index (Phi) is 6.73. The summed E-state index contributed by atoms with van der Waals surface area (Å²) >= 11 is 0. The summed E-state index contributed by atoms with van der Waals surface area (Å²) in [6, 6.07) is 16.1. The summed E-state index contributed by atoms with van der Waals surface area (Å²) in [5.74, 6) is 0. The van der Waals surface area contributed by atoms with Gasteiger partial charge in [0.25, 0.3) is 0 Å². The number of ether oxygens (including phenoxy) is 1. The van der Waals surface area contributed by atoms with Crippen molar-refractivity contribution in [3.8, 4) is 11.1 Å². The zero-order chi connectivity index (χ0) is 20.9. The fourth-order valence-corrected chi connectivity index (χ4v) is 3.81. The Morgan fingerprint density at radius 1 is 0.966 bits per heavy atom. The molecular formula is C25H31NO3. The molecule has 3 rings (SSSR count). The second kappa shape index (κ2) is 9.25. The minimum absolute atomic E-state index is 0.224. The predicted octanol–water partition coefficient (Wildman–Crippen LogP) is 6.24. The van der Waals surface area contributed by atoms with E-state index in [-0.39, 0.29) is 12.1 Å². The first-order valence-corrected chi connectivity index (χ1v) is 10.5. The number of hydrogen-bond acceptors (Lipinski definition) is 3. The van der Waals surface area contributed by atoms with E-state index >= 15 is 0 Å². The molecule has 1 aliphatic rings. The van der Waals surface area contributed by atoms with Crippen LogP contribution < -0.4 is 0 Å². The molecule has 29 heavy (non-hydrogen) atoms. The molecule has 4 heteroatoms. The predicted molar refractivity (Wildman–Crippen MR) is 116 cm³/mol. The molecule has 0 radical (unpaired) electrons. The summed E-state index contributed by atoms with van der Waals surface area (Å²) < 4.78 is 5.70. The molecule has 0 bridgehead atoms. The van der Waals surface area contributed by atoms with Crippen LogP contribution in [-0.4, -0.2) is 28.9 Å². The van der Waals surface area contributed by atoms with Crippen LogP contribution in [0.4, 0.5) is 4.79 Å². The topological polar surface area (TPSA) is 46.6 Å². The van der Waals surface area contributed by atoms with E-state index in [0.717, 1.165) is 35.8 Å². The number of carbonyl (C=O) groups is 2. The van der Waals surface area contributed by atoms with Gasteiger partial charge in [0.05, 0.1) is 0 Å². The summed E-state index contributed by atoms with van der Waals surface area (Å²) in [5, 5.41) is 0. The van der Waals surface area contributed by atoms with Gasteiger partial charge in [0.15, 0.2) is 0 Å². The lowest BCUT2D eigenvalue weighted by Crippen LogP contribution is -2.43. The summed E-state index contributed by atoms with van der Waals surface area (Å²) in [5.41, 5.74) is 3.42. The maximum absolute atomic E-state index is 12.9. The van der Waals surface area contributed by atoms with Crippen molar-refractivity contribution in [2.24, 2.45) is 0 Å². The molecule has 0 saturated heterocycles. The lowest BCUT2D eigenvalue weighted by molar-refractivity contribution is 0.00988. The number of carbonyl (C=O) groups excluding carboxylic acids is 2. The Balaban J connectivity index is 1.75. The van der Waals surface area contributed by atoms with Gasteiger partial charge >= 0.3 is 6.09 Å². The molecule has 1 aliphatic carbocycles. The van der Waals surface area contributed by atoms with E-state index < -0.39 is 5.60 Å². The van der Waals surface area contributed by atoms with E-state index in [2.05, 4.69) is 24.3 Å². The number of aldehydes is 1. The molecule has 1 amide bonds. The van der Waals surface area contributed by atoms with Gasteiger partial charge in [-0.1, -0.05) is 67.8 Å². The molecule has 0 heterocycles. The van der Waals surface area contributed by atoms with Crippen molar-refractivity contribution in [3.63, 3.8) is 0 Å². The van der Waals surface area contributed by atoms with Crippen LogP contribution in [0.3, 0.4) is 0 Å². The van der Waals surface area contributed by atoms with Gasteiger partial charge in [-0.15, -0.1) is 0 Å². The zero-order valence-corrected chi connectivity index (χ0v) is 17.7. The second-order valence-corrected chi connectivity index (χ2v) is 8.84. The van der Waals surface area contributed by atoms with Crippen LogP contribution in [0.25, 0.3) is 11.1 Å². The molecular weight excluding hydrogens is 362 g/mol. The van der Waals surface area contributed by atoms with Gasteiger partial charge in [0.1, 0.15) is 11.9 Å². The molecule has 0 N–H and O–H groups in total. The quantitative estimate of drug-likeness (QED) is 0.565. The average molecular weight is 394 g/mol. The van der Waals surface area contributed by atoms with E-state index in [4.69, 9.17) is 4.74 Å². The van der Waals surface area contributed by atoms with E-state index in [9.17, 15) is 9.59 Å². The first kappa shape index (κ1) is 21.1. The number of nitrogens with zero attached hydrogens (tertiary/aromatic N) is 1. The summed E-state index contributed by atoms with van der Waals surface area (Å²) in [7, 11) is 0. The summed E-state index contributed by atoms with van der Waals surface area (Å²) in [6.45, 7) is 6.29. The van der Waals surface area contributed by atoms with E-state index in [0.29, 0.717) is 12.1 Å². The van der Waals surface area contributed by atoms with E-state index in [1.165, 1.54) is 19.3 Å². The number of hydrogen-bond donors (Lipinski definition) is 0. The van der Waals surface area contributed by atoms with Gasteiger partial charge in [-0.25, -0.2) is 4.79 Å². The third-order valence-corrected chi connectivity index (χ3v) is 5.33. The maximum atomic E-state index is 12.9. The first-order chi connectivity index (χ1) is 13.9. The van der Waals surface area contributed by atoms with E-state index in [1.807, 2.05) is 49.9 Å². The highest BCUT2D eigenvalue weighted by molar-refractivity contribution is 5.77. The van der Waals surface area contributed by atoms with Crippen LogP contribution in [0.2, 0.25) is 0 Å². The van der Waals surface area contributed by atoms with Gasteiger partial charge in [0.2, 0.25) is 0 Å². The monoisotopic (exact) mass is 393 g/mol. The SMILES string of the molecule is CC(C)(C)OC(=O)N(Cc1ccc(-c2ccc(C=O)cc2)cc1)C1CCCCC1. The molecule has 2 aromatic carbocycles. The van der Waals surface area contributed by atoms with Gasteiger partial charge in [0, 0.05) is 18.2 Å². The molecule has 4 nitrogen and oxygen atoms in total. The molecule has 0 spiro atoms. The van der Waals surface area contributed by atoms with Crippen molar-refractivity contribution in [1.82, 2.24) is 4.90 Å². The third-order valence-electron chi connectivity index (χ3n) is 5.33. The minimum Gasteiger partial charge on any atom is -0.444 e. The minimum atomic E-state index is -0.498. The smallest absolute Gasteiger partial charge is 0.410 e. The Hall–Kier alpha value is -2.62. The number of amides is 1. The van der Waals surface area contributed by atoms with Crippen molar-refractivity contribution in [2.45, 2.75) is 71.1 Å². The molecule has 1 saturated carbocycles. The van der Waals surface area contributed by atoms with Crippen molar-refractivity contribution >= 4 is 12.4 Å². The highest BCUT2D eigenvalue weighted by Crippen LogP contribution is 2.27. The molecule has 0 aliphatic heterocycles. The van der Waals surface area contributed by atoms with Crippen molar-refractivity contribution in [2.75, 3.05) is 0 Å². The fourth-order valence-electron chi connectivity index (χ4n) is 3.81. The molecule has 0 atom stereocenters. The standard InChI is InChI=1S/C25H31NO3/c1-25(2,3)29-24(28)26(23-7-5-4-6-8-23)17-19-9-13-21(14-10-19)22-15-11-20(18-27)12-16-22/h9-16,18,23H,4-8,17H2,1-3H3. The Morgan fingerprint density at radius 3 is 2.03 bits per heavy atom. The Morgan fingerprint density at radius 2 is 1.52 bits per heavy atom. The van der Waals surface area contributed by atoms with Crippen LogP contribution in [0.15, 0.2) is 48.5 Å². The van der Waals surface area contributed by atoms with Crippen LogP contribution >= 0.6 is 0 Å². The van der Waals surface area contributed by atoms with Crippen LogP contribution in [-0.2, 0) is 11.3 Å². The average Bonchev–Trinajstić information content (AvgIpc) is 2.72. The van der Waals surface area contributed by atoms with Gasteiger partial charge in [-0.2, -0.15) is 0 Å². The zero-order valence-electron chi connectivity index (χ0n) is 17.7. The van der Waals surface area contributed by atoms with Crippen LogP contribution in [0.1, 0.15) is 68.8 Å².